The second-order valence-corrected chi connectivity index (χ2v) is 7.01. The first kappa shape index (κ1) is 12.7. The fourth-order valence-corrected chi connectivity index (χ4v) is 4.06. The Kier molecular flexibility index (Phi) is 3.58. The number of aromatic nitrogens is 3. The van der Waals surface area contributed by atoms with Gasteiger partial charge in [-0.2, -0.15) is 0 Å². The molecule has 3 rings (SSSR count). The summed E-state index contributed by atoms with van der Waals surface area (Å²) in [6.45, 7) is 4.16. The van der Waals surface area contributed by atoms with Gasteiger partial charge in [0.2, 0.25) is 5.13 Å². The molecular formula is C12H12N4S3. The first-order valence-corrected chi connectivity index (χ1v) is 8.40. The molecule has 19 heavy (non-hydrogen) atoms. The van der Waals surface area contributed by atoms with Crippen molar-refractivity contribution in [3.8, 4) is 20.6 Å². The van der Waals surface area contributed by atoms with Gasteiger partial charge in [0.25, 0.3) is 0 Å². The second-order valence-electron chi connectivity index (χ2n) is 4.23. The van der Waals surface area contributed by atoms with Crippen molar-refractivity contribution in [3.05, 3.63) is 22.9 Å². The Morgan fingerprint density at radius 1 is 1.16 bits per heavy atom. The van der Waals surface area contributed by atoms with E-state index >= 15 is 0 Å². The van der Waals surface area contributed by atoms with Gasteiger partial charge in [-0.3, -0.25) is 0 Å². The molecule has 1 N–H and O–H groups in total. The average Bonchev–Trinajstić information content (AvgIpc) is 3.09. The Hall–Kier alpha value is -1.31. The maximum Gasteiger partial charge on any atom is 0.206 e. The Labute approximate surface area is 123 Å². The molecule has 3 heterocycles. The van der Waals surface area contributed by atoms with E-state index < -0.39 is 0 Å². The number of anilines is 1. The highest BCUT2D eigenvalue weighted by Crippen LogP contribution is 2.33. The number of thiazole rings is 1. The van der Waals surface area contributed by atoms with E-state index in [1.807, 2.05) is 11.4 Å². The molecule has 0 bridgehead atoms. The van der Waals surface area contributed by atoms with Gasteiger partial charge in [-0.25, -0.2) is 4.98 Å². The quantitative estimate of drug-likeness (QED) is 0.784. The summed E-state index contributed by atoms with van der Waals surface area (Å²) in [6.07, 6.45) is 0. The third kappa shape index (κ3) is 2.83. The number of nitrogens with zero attached hydrogens (tertiary/aromatic N) is 3. The fraction of sp³-hybridized carbons (Fsp3) is 0.250. The van der Waals surface area contributed by atoms with Gasteiger partial charge < -0.3 is 5.32 Å². The largest absolute Gasteiger partial charge is 0.358 e. The minimum atomic E-state index is 0.359. The van der Waals surface area contributed by atoms with E-state index in [4.69, 9.17) is 0 Å². The van der Waals surface area contributed by atoms with Crippen molar-refractivity contribution in [1.29, 1.82) is 0 Å². The summed E-state index contributed by atoms with van der Waals surface area (Å²) < 4.78 is 0. The number of hydrogen-bond acceptors (Lipinski definition) is 7. The first-order chi connectivity index (χ1) is 9.22. The van der Waals surface area contributed by atoms with E-state index in [9.17, 15) is 0 Å². The number of rotatable bonds is 4. The molecule has 0 atom stereocenters. The third-order valence-electron chi connectivity index (χ3n) is 2.29. The Morgan fingerprint density at radius 3 is 2.79 bits per heavy atom. The minimum Gasteiger partial charge on any atom is -0.358 e. The summed E-state index contributed by atoms with van der Waals surface area (Å²) in [7, 11) is 0. The molecule has 0 aliphatic rings. The molecule has 0 unspecified atom stereocenters. The molecule has 0 aromatic carbocycles. The maximum atomic E-state index is 4.62. The minimum absolute atomic E-state index is 0.359. The monoisotopic (exact) mass is 308 g/mol. The lowest BCUT2D eigenvalue weighted by molar-refractivity contribution is 0.888. The van der Waals surface area contributed by atoms with Crippen LogP contribution in [0.1, 0.15) is 13.8 Å². The lowest BCUT2D eigenvalue weighted by atomic mass is 10.4. The normalized spacial score (nSPS) is 11.1. The average molecular weight is 308 g/mol. The molecule has 4 nitrogen and oxygen atoms in total. The molecule has 0 amide bonds. The molecular weight excluding hydrogens is 296 g/mol. The third-order valence-corrected chi connectivity index (χ3v) is 5.05. The van der Waals surface area contributed by atoms with Gasteiger partial charge in [-0.1, -0.05) is 17.4 Å². The highest BCUT2D eigenvalue weighted by atomic mass is 32.1. The summed E-state index contributed by atoms with van der Waals surface area (Å²) >= 11 is 4.88. The van der Waals surface area contributed by atoms with Crippen molar-refractivity contribution in [2.24, 2.45) is 0 Å². The van der Waals surface area contributed by atoms with Crippen LogP contribution in [0.2, 0.25) is 0 Å². The Balaban J connectivity index is 1.84. The molecule has 0 spiro atoms. The van der Waals surface area contributed by atoms with E-state index in [0.717, 1.165) is 20.8 Å². The van der Waals surface area contributed by atoms with Crippen LogP contribution >= 0.6 is 34.0 Å². The van der Waals surface area contributed by atoms with Crippen LogP contribution in [0.3, 0.4) is 0 Å². The molecule has 0 saturated heterocycles. The van der Waals surface area contributed by atoms with Crippen molar-refractivity contribution in [2.45, 2.75) is 19.9 Å². The van der Waals surface area contributed by atoms with E-state index in [0.29, 0.717) is 6.04 Å². The van der Waals surface area contributed by atoms with Crippen LogP contribution in [0.25, 0.3) is 20.6 Å². The molecule has 0 saturated carbocycles. The van der Waals surface area contributed by atoms with Crippen LogP contribution in [-0.2, 0) is 0 Å². The van der Waals surface area contributed by atoms with E-state index in [-0.39, 0.29) is 0 Å². The van der Waals surface area contributed by atoms with Crippen molar-refractivity contribution >= 4 is 39.1 Å². The lowest BCUT2D eigenvalue weighted by Gasteiger charge is -2.02. The standard InChI is InChI=1S/C12H12N4S3/c1-7(2)13-12-16-15-10(19-12)8-6-18-11(14-8)9-4-3-5-17-9/h3-7H,1-2H3,(H,13,16). The van der Waals surface area contributed by atoms with Crippen LogP contribution in [0.4, 0.5) is 5.13 Å². The molecule has 3 aromatic rings. The fourth-order valence-electron chi connectivity index (χ4n) is 1.52. The molecule has 0 aliphatic heterocycles. The zero-order chi connectivity index (χ0) is 13.2. The van der Waals surface area contributed by atoms with Crippen LogP contribution in [-0.4, -0.2) is 21.2 Å². The van der Waals surface area contributed by atoms with Crippen LogP contribution in [0.15, 0.2) is 22.9 Å². The lowest BCUT2D eigenvalue weighted by Crippen LogP contribution is -2.08. The SMILES string of the molecule is CC(C)Nc1nnc(-c2csc(-c3cccs3)n2)s1. The molecule has 0 aliphatic carbocycles. The van der Waals surface area contributed by atoms with Gasteiger partial charge in [0.05, 0.1) is 4.88 Å². The highest BCUT2D eigenvalue weighted by Gasteiger charge is 2.12. The molecule has 0 radical (unpaired) electrons. The number of nitrogens with one attached hydrogen (secondary N) is 1. The molecule has 0 fully saturated rings. The summed E-state index contributed by atoms with van der Waals surface area (Å²) in [4.78, 5) is 5.82. The topological polar surface area (TPSA) is 50.7 Å². The van der Waals surface area contributed by atoms with Gasteiger partial charge in [-0.15, -0.1) is 32.9 Å². The molecule has 98 valence electrons. The van der Waals surface area contributed by atoms with E-state index in [2.05, 4.69) is 45.8 Å². The summed E-state index contributed by atoms with van der Waals surface area (Å²) in [5.41, 5.74) is 0.905. The van der Waals surface area contributed by atoms with Crippen molar-refractivity contribution in [2.75, 3.05) is 5.32 Å². The van der Waals surface area contributed by atoms with Crippen LogP contribution in [0.5, 0.6) is 0 Å². The second kappa shape index (κ2) is 5.36. The zero-order valence-corrected chi connectivity index (χ0v) is 12.9. The van der Waals surface area contributed by atoms with Crippen molar-refractivity contribution in [3.63, 3.8) is 0 Å². The maximum absolute atomic E-state index is 4.62. The van der Waals surface area contributed by atoms with Crippen LogP contribution < -0.4 is 5.32 Å². The molecule has 7 heteroatoms. The predicted molar refractivity (Wildman–Crippen MR) is 83.1 cm³/mol. The first-order valence-electron chi connectivity index (χ1n) is 5.82. The number of thiophene rings is 1. The number of hydrogen-bond donors (Lipinski definition) is 1. The summed E-state index contributed by atoms with van der Waals surface area (Å²) in [5, 5.41) is 18.4. The Morgan fingerprint density at radius 2 is 2.05 bits per heavy atom. The van der Waals surface area contributed by atoms with Crippen molar-refractivity contribution < 1.29 is 0 Å². The van der Waals surface area contributed by atoms with Gasteiger partial charge in [-0.05, 0) is 25.3 Å². The molecule has 3 aromatic heterocycles. The highest BCUT2D eigenvalue weighted by molar-refractivity contribution is 7.21. The van der Waals surface area contributed by atoms with E-state index in [1.54, 1.807) is 22.7 Å². The predicted octanol–water partition coefficient (Wildman–Crippen LogP) is 4.21. The summed E-state index contributed by atoms with van der Waals surface area (Å²) in [5.74, 6) is 0. The van der Waals surface area contributed by atoms with Crippen molar-refractivity contribution in [1.82, 2.24) is 15.2 Å². The van der Waals surface area contributed by atoms with Gasteiger partial charge in [0.1, 0.15) is 10.7 Å². The zero-order valence-electron chi connectivity index (χ0n) is 10.5. The van der Waals surface area contributed by atoms with Gasteiger partial charge >= 0.3 is 0 Å². The smallest absolute Gasteiger partial charge is 0.206 e. The van der Waals surface area contributed by atoms with E-state index in [1.165, 1.54) is 16.2 Å². The van der Waals surface area contributed by atoms with Gasteiger partial charge in [0, 0.05) is 11.4 Å². The summed E-state index contributed by atoms with van der Waals surface area (Å²) in [6, 6.07) is 4.48. The van der Waals surface area contributed by atoms with Crippen LogP contribution in [0, 0.1) is 0 Å². The Bertz CT molecular complexity index is 654. The van der Waals surface area contributed by atoms with Gasteiger partial charge in [0.15, 0.2) is 5.01 Å².